The van der Waals surface area contributed by atoms with Gasteiger partial charge in [-0.3, -0.25) is 4.79 Å². The lowest BCUT2D eigenvalue weighted by Gasteiger charge is -2.22. The van der Waals surface area contributed by atoms with E-state index in [1.165, 1.54) is 7.11 Å². The monoisotopic (exact) mass is 232 g/mol. The molecular weight excluding hydrogens is 212 g/mol. The minimum atomic E-state index is -1.05. The van der Waals surface area contributed by atoms with Gasteiger partial charge in [0, 0.05) is 13.7 Å². The first kappa shape index (κ1) is 14.9. The maximum atomic E-state index is 11.6. The van der Waals surface area contributed by atoms with E-state index in [0.717, 1.165) is 0 Å². The van der Waals surface area contributed by atoms with Crippen molar-refractivity contribution in [1.29, 1.82) is 0 Å². The Balaban J connectivity index is 4.51. The second-order valence-corrected chi connectivity index (χ2v) is 3.67. The number of methoxy groups -OCH3 is 1. The van der Waals surface area contributed by atoms with Gasteiger partial charge in [0.2, 0.25) is 0 Å². The van der Waals surface area contributed by atoms with Crippen molar-refractivity contribution in [3.63, 3.8) is 0 Å². The SMILES string of the molecule is CCC(C)[C@H](NC(=O)C(CN)OC)C(=O)O. The highest BCUT2D eigenvalue weighted by atomic mass is 16.5. The molecule has 6 heteroatoms. The molecule has 0 aromatic heterocycles. The fraction of sp³-hybridized carbons (Fsp3) is 0.800. The van der Waals surface area contributed by atoms with Gasteiger partial charge in [0.05, 0.1) is 0 Å². The van der Waals surface area contributed by atoms with Crippen LogP contribution in [0.4, 0.5) is 0 Å². The molecule has 6 nitrogen and oxygen atoms in total. The van der Waals surface area contributed by atoms with Crippen LogP contribution in [-0.4, -0.2) is 42.8 Å². The number of carbonyl (C=O) groups is 2. The van der Waals surface area contributed by atoms with Gasteiger partial charge in [-0.15, -0.1) is 0 Å². The predicted octanol–water partition coefficient (Wildman–Crippen LogP) is -0.424. The summed E-state index contributed by atoms with van der Waals surface area (Å²) in [4.78, 5) is 22.5. The molecule has 1 amide bonds. The zero-order valence-corrected chi connectivity index (χ0v) is 9.90. The van der Waals surface area contributed by atoms with Crippen molar-refractivity contribution >= 4 is 11.9 Å². The summed E-state index contributed by atoms with van der Waals surface area (Å²) in [5.74, 6) is -1.68. The van der Waals surface area contributed by atoms with Crippen LogP contribution in [0.25, 0.3) is 0 Å². The third-order valence-electron chi connectivity index (χ3n) is 2.57. The fourth-order valence-electron chi connectivity index (χ4n) is 1.24. The molecule has 0 aliphatic carbocycles. The van der Waals surface area contributed by atoms with Crippen LogP contribution in [0.1, 0.15) is 20.3 Å². The fourth-order valence-corrected chi connectivity index (χ4v) is 1.24. The van der Waals surface area contributed by atoms with Gasteiger partial charge in [-0.2, -0.15) is 0 Å². The first-order valence-corrected chi connectivity index (χ1v) is 5.23. The average Bonchev–Trinajstić information content (AvgIpc) is 2.26. The van der Waals surface area contributed by atoms with Gasteiger partial charge < -0.3 is 20.9 Å². The number of nitrogens with one attached hydrogen (secondary N) is 1. The zero-order chi connectivity index (χ0) is 12.7. The van der Waals surface area contributed by atoms with Crippen molar-refractivity contribution in [2.45, 2.75) is 32.4 Å². The van der Waals surface area contributed by atoms with Crippen LogP contribution in [0.3, 0.4) is 0 Å². The molecule has 0 bridgehead atoms. The summed E-state index contributed by atoms with van der Waals surface area (Å²) in [6.07, 6.45) is -0.136. The van der Waals surface area contributed by atoms with E-state index in [2.05, 4.69) is 5.32 Å². The summed E-state index contributed by atoms with van der Waals surface area (Å²) < 4.78 is 4.83. The highest BCUT2D eigenvalue weighted by Crippen LogP contribution is 2.08. The Morgan fingerprint density at radius 1 is 1.50 bits per heavy atom. The third kappa shape index (κ3) is 4.16. The van der Waals surface area contributed by atoms with Crippen LogP contribution >= 0.6 is 0 Å². The number of rotatable bonds is 7. The Morgan fingerprint density at radius 2 is 2.06 bits per heavy atom. The van der Waals surface area contributed by atoms with Crippen molar-refractivity contribution < 1.29 is 19.4 Å². The summed E-state index contributed by atoms with van der Waals surface area (Å²) >= 11 is 0. The number of nitrogens with two attached hydrogens (primary N) is 1. The quantitative estimate of drug-likeness (QED) is 0.553. The summed E-state index contributed by atoms with van der Waals surface area (Å²) in [6.45, 7) is 3.65. The third-order valence-corrected chi connectivity index (χ3v) is 2.57. The maximum absolute atomic E-state index is 11.6. The summed E-state index contributed by atoms with van der Waals surface area (Å²) in [5.41, 5.74) is 5.31. The Bertz CT molecular complexity index is 241. The molecule has 0 rings (SSSR count). The molecule has 4 N–H and O–H groups in total. The molecule has 0 heterocycles. The lowest BCUT2D eigenvalue weighted by atomic mass is 9.99. The standard InChI is InChI=1S/C10H20N2O4/c1-4-6(2)8(10(14)15)12-9(13)7(5-11)16-3/h6-8H,4-5,11H2,1-3H3,(H,12,13)(H,14,15)/t6?,7?,8-/m0/s1. The van der Waals surface area contributed by atoms with Gasteiger partial charge in [-0.1, -0.05) is 20.3 Å². The number of amides is 1. The molecule has 0 aliphatic rings. The topological polar surface area (TPSA) is 102 Å². The molecule has 0 aromatic carbocycles. The number of hydrogen-bond donors (Lipinski definition) is 3. The van der Waals surface area contributed by atoms with Crippen LogP contribution in [0, 0.1) is 5.92 Å². The molecule has 0 fully saturated rings. The molecule has 0 spiro atoms. The van der Waals surface area contributed by atoms with Gasteiger partial charge in [-0.25, -0.2) is 4.79 Å². The van der Waals surface area contributed by atoms with Gasteiger partial charge in [-0.05, 0) is 5.92 Å². The number of carbonyl (C=O) groups excluding carboxylic acids is 1. The predicted molar refractivity (Wildman–Crippen MR) is 58.9 cm³/mol. The normalized spacial score (nSPS) is 16.2. The summed E-state index contributed by atoms with van der Waals surface area (Å²) in [7, 11) is 1.36. The van der Waals surface area contributed by atoms with Gasteiger partial charge in [0.1, 0.15) is 12.1 Å². The molecule has 0 aromatic rings. The Labute approximate surface area is 95.1 Å². The van der Waals surface area contributed by atoms with Crippen molar-refractivity contribution in [1.82, 2.24) is 5.32 Å². The first-order valence-electron chi connectivity index (χ1n) is 5.23. The van der Waals surface area contributed by atoms with Crippen molar-refractivity contribution in [3.05, 3.63) is 0 Å². The van der Waals surface area contributed by atoms with Crippen LogP contribution in [0.15, 0.2) is 0 Å². The van der Waals surface area contributed by atoms with E-state index in [0.29, 0.717) is 6.42 Å². The molecule has 0 radical (unpaired) electrons. The zero-order valence-electron chi connectivity index (χ0n) is 9.90. The largest absolute Gasteiger partial charge is 0.480 e. The van der Waals surface area contributed by atoms with E-state index in [1.54, 1.807) is 6.92 Å². The van der Waals surface area contributed by atoms with E-state index in [-0.39, 0.29) is 12.5 Å². The summed E-state index contributed by atoms with van der Waals surface area (Å²) in [6, 6.07) is -0.901. The van der Waals surface area contributed by atoms with Gasteiger partial charge in [0.25, 0.3) is 5.91 Å². The lowest BCUT2D eigenvalue weighted by Crippen LogP contribution is -2.50. The number of ether oxygens (including phenoxy) is 1. The minimum Gasteiger partial charge on any atom is -0.480 e. The molecule has 0 saturated carbocycles. The number of carboxylic acids is 1. The molecule has 0 saturated heterocycles. The molecule has 2 unspecified atom stereocenters. The highest BCUT2D eigenvalue weighted by molar-refractivity contribution is 5.86. The number of carboxylic acid groups (broad SMARTS) is 1. The van der Waals surface area contributed by atoms with Crippen LogP contribution < -0.4 is 11.1 Å². The van der Waals surface area contributed by atoms with Gasteiger partial charge in [0.15, 0.2) is 0 Å². The van der Waals surface area contributed by atoms with E-state index < -0.39 is 24.0 Å². The van der Waals surface area contributed by atoms with Crippen LogP contribution in [0.5, 0.6) is 0 Å². The highest BCUT2D eigenvalue weighted by Gasteiger charge is 2.27. The molecule has 16 heavy (non-hydrogen) atoms. The van der Waals surface area contributed by atoms with Crippen LogP contribution in [-0.2, 0) is 14.3 Å². The van der Waals surface area contributed by atoms with Crippen molar-refractivity contribution in [2.75, 3.05) is 13.7 Å². The minimum absolute atomic E-state index is 0.0230. The van der Waals surface area contributed by atoms with Crippen molar-refractivity contribution in [2.24, 2.45) is 11.7 Å². The van der Waals surface area contributed by atoms with Crippen molar-refractivity contribution in [3.8, 4) is 0 Å². The van der Waals surface area contributed by atoms with Gasteiger partial charge >= 0.3 is 5.97 Å². The number of hydrogen-bond acceptors (Lipinski definition) is 4. The Kier molecular flexibility index (Phi) is 6.67. The lowest BCUT2D eigenvalue weighted by molar-refractivity contribution is -0.145. The van der Waals surface area contributed by atoms with E-state index in [4.69, 9.17) is 15.6 Å². The molecular formula is C10H20N2O4. The Morgan fingerprint density at radius 3 is 2.38 bits per heavy atom. The summed E-state index contributed by atoms with van der Waals surface area (Å²) in [5, 5.41) is 11.4. The second-order valence-electron chi connectivity index (χ2n) is 3.67. The van der Waals surface area contributed by atoms with E-state index >= 15 is 0 Å². The Hall–Kier alpha value is -1.14. The first-order chi connectivity index (χ1) is 7.47. The molecule has 94 valence electrons. The van der Waals surface area contributed by atoms with E-state index in [1.807, 2.05) is 6.92 Å². The molecule has 3 atom stereocenters. The molecule has 0 aliphatic heterocycles. The number of aliphatic carboxylic acids is 1. The maximum Gasteiger partial charge on any atom is 0.326 e. The van der Waals surface area contributed by atoms with E-state index in [9.17, 15) is 9.59 Å². The average molecular weight is 232 g/mol. The van der Waals surface area contributed by atoms with Crippen LogP contribution in [0.2, 0.25) is 0 Å². The smallest absolute Gasteiger partial charge is 0.326 e. The second kappa shape index (κ2) is 7.19.